The Balaban J connectivity index is 1.30. The number of aliphatic hydroxyl groups is 1. The first-order valence-electron chi connectivity index (χ1n) is 12.8. The molecule has 0 atom stereocenters. The summed E-state index contributed by atoms with van der Waals surface area (Å²) in [6, 6.07) is 24.4. The molecule has 0 aromatic heterocycles. The predicted molar refractivity (Wildman–Crippen MR) is 142 cm³/mol. The summed E-state index contributed by atoms with van der Waals surface area (Å²) < 4.78 is 0. The molecule has 2 heterocycles. The molecule has 6 heteroatoms. The van der Waals surface area contributed by atoms with Crippen molar-refractivity contribution in [3.05, 3.63) is 90.0 Å². The lowest BCUT2D eigenvalue weighted by molar-refractivity contribution is -0.135. The molecule has 0 aliphatic carbocycles. The lowest BCUT2D eigenvalue weighted by atomic mass is 9.85. The van der Waals surface area contributed by atoms with E-state index < -0.39 is 5.54 Å². The highest BCUT2D eigenvalue weighted by molar-refractivity contribution is 6.07. The molecule has 0 bridgehead atoms. The third-order valence-corrected chi connectivity index (χ3v) is 7.52. The molecule has 2 aliphatic rings. The zero-order valence-corrected chi connectivity index (χ0v) is 20.6. The predicted octanol–water partition coefficient (Wildman–Crippen LogP) is 4.53. The van der Waals surface area contributed by atoms with E-state index in [1.165, 1.54) is 21.2 Å². The maximum Gasteiger partial charge on any atom is 0.327 e. The summed E-state index contributed by atoms with van der Waals surface area (Å²) in [7, 11) is 0. The zero-order valence-electron chi connectivity index (χ0n) is 20.6. The van der Waals surface area contributed by atoms with Gasteiger partial charge in [0, 0.05) is 39.3 Å². The number of fused-ring (bicyclic) bond motifs is 1. The number of imide groups is 1. The molecule has 0 radical (unpaired) electrons. The third kappa shape index (κ3) is 4.66. The number of hydrogen-bond acceptors (Lipinski definition) is 4. The van der Waals surface area contributed by atoms with Gasteiger partial charge in [-0.3, -0.25) is 14.6 Å². The van der Waals surface area contributed by atoms with Crippen LogP contribution in [0.4, 0.5) is 4.79 Å². The Bertz CT molecular complexity index is 1240. The Labute approximate surface area is 212 Å². The van der Waals surface area contributed by atoms with Gasteiger partial charge in [-0.2, -0.15) is 0 Å². The van der Waals surface area contributed by atoms with Gasteiger partial charge in [0.2, 0.25) is 0 Å². The van der Waals surface area contributed by atoms with Crippen molar-refractivity contribution in [1.82, 2.24) is 14.7 Å². The topological polar surface area (TPSA) is 64.1 Å². The van der Waals surface area contributed by atoms with Crippen LogP contribution in [0.15, 0.2) is 78.9 Å². The summed E-state index contributed by atoms with van der Waals surface area (Å²) in [4.78, 5) is 32.6. The number of aliphatic hydroxyl groups excluding tert-OH is 1. The van der Waals surface area contributed by atoms with Crippen LogP contribution in [0.5, 0.6) is 0 Å². The minimum atomic E-state index is -0.817. The minimum absolute atomic E-state index is 0.00479. The van der Waals surface area contributed by atoms with Crippen LogP contribution in [0.25, 0.3) is 16.8 Å². The number of carbonyl (C=O) groups is 2. The third-order valence-electron chi connectivity index (χ3n) is 7.52. The van der Waals surface area contributed by atoms with Gasteiger partial charge in [0.25, 0.3) is 5.91 Å². The second kappa shape index (κ2) is 10.6. The fourth-order valence-corrected chi connectivity index (χ4v) is 5.58. The molecule has 1 N–H and O–H groups in total. The number of urea groups is 1. The standard InChI is InChI=1S/C30H33N3O3/c34-22-8-19-33-29(36)32(18-7-11-24-9-2-1-3-10-24)28(35)30(33)16-20-31(21-17-30)23-26-14-6-13-25-12-4-5-15-27(25)26/h1-7,9-15,34H,8,16-23H2. The summed E-state index contributed by atoms with van der Waals surface area (Å²) in [5, 5.41) is 11.9. The van der Waals surface area contributed by atoms with Crippen LogP contribution in [0.1, 0.15) is 30.4 Å². The first kappa shape index (κ1) is 24.2. The largest absolute Gasteiger partial charge is 0.396 e. The smallest absolute Gasteiger partial charge is 0.327 e. The van der Waals surface area contributed by atoms with Gasteiger partial charge in [0.15, 0.2) is 0 Å². The summed E-state index contributed by atoms with van der Waals surface area (Å²) in [6.45, 7) is 2.94. The van der Waals surface area contributed by atoms with Crippen LogP contribution in [-0.2, 0) is 11.3 Å². The quantitative estimate of drug-likeness (QED) is 0.478. The van der Waals surface area contributed by atoms with E-state index in [-0.39, 0.29) is 25.1 Å². The molecule has 6 nitrogen and oxygen atoms in total. The molecule has 3 amide bonds. The Kier molecular flexibility index (Phi) is 7.16. The van der Waals surface area contributed by atoms with Crippen LogP contribution in [-0.4, -0.2) is 70.1 Å². The van der Waals surface area contributed by atoms with E-state index in [0.717, 1.165) is 25.2 Å². The van der Waals surface area contributed by atoms with Crippen LogP contribution >= 0.6 is 0 Å². The number of hydrogen-bond donors (Lipinski definition) is 1. The van der Waals surface area contributed by atoms with Crippen molar-refractivity contribution in [2.24, 2.45) is 0 Å². The Morgan fingerprint density at radius 3 is 2.39 bits per heavy atom. The summed E-state index contributed by atoms with van der Waals surface area (Å²) in [5.74, 6) is -0.104. The number of benzene rings is 3. The normalized spacial score (nSPS) is 18.2. The van der Waals surface area contributed by atoms with Crippen LogP contribution < -0.4 is 0 Å². The zero-order chi connectivity index (χ0) is 25.0. The lowest BCUT2D eigenvalue weighted by Gasteiger charge is -2.42. The molecule has 0 unspecified atom stereocenters. The fourth-order valence-electron chi connectivity index (χ4n) is 5.58. The number of amides is 3. The maximum atomic E-state index is 13.7. The van der Waals surface area contributed by atoms with Gasteiger partial charge < -0.3 is 10.0 Å². The molecule has 2 aliphatic heterocycles. The molecular weight excluding hydrogens is 450 g/mol. The number of rotatable bonds is 8. The van der Waals surface area contributed by atoms with Crippen molar-refractivity contribution in [3.63, 3.8) is 0 Å². The second-order valence-corrected chi connectivity index (χ2v) is 9.69. The van der Waals surface area contributed by atoms with Crippen molar-refractivity contribution in [3.8, 4) is 0 Å². The van der Waals surface area contributed by atoms with Gasteiger partial charge in [-0.15, -0.1) is 0 Å². The summed E-state index contributed by atoms with van der Waals surface area (Å²) in [5.41, 5.74) is 1.50. The van der Waals surface area contributed by atoms with Crippen molar-refractivity contribution in [2.45, 2.75) is 31.3 Å². The van der Waals surface area contributed by atoms with Gasteiger partial charge in [0.1, 0.15) is 5.54 Å². The van der Waals surface area contributed by atoms with Gasteiger partial charge in [-0.25, -0.2) is 4.79 Å². The second-order valence-electron chi connectivity index (χ2n) is 9.69. The van der Waals surface area contributed by atoms with Gasteiger partial charge in [0.05, 0.1) is 0 Å². The first-order valence-corrected chi connectivity index (χ1v) is 12.8. The van der Waals surface area contributed by atoms with E-state index in [2.05, 4.69) is 47.4 Å². The number of likely N-dealkylation sites (tertiary alicyclic amines) is 1. The van der Waals surface area contributed by atoms with Crippen LogP contribution in [0, 0.1) is 0 Å². The highest BCUT2D eigenvalue weighted by Crippen LogP contribution is 2.38. The molecule has 0 saturated carbocycles. The molecule has 2 saturated heterocycles. The van der Waals surface area contributed by atoms with Crippen molar-refractivity contribution in [2.75, 3.05) is 32.8 Å². The minimum Gasteiger partial charge on any atom is -0.396 e. The van der Waals surface area contributed by atoms with Gasteiger partial charge >= 0.3 is 6.03 Å². The number of piperidine rings is 1. The van der Waals surface area contributed by atoms with Crippen molar-refractivity contribution < 1.29 is 14.7 Å². The molecular formula is C30H33N3O3. The molecule has 186 valence electrons. The SMILES string of the molecule is O=C1N(CC=Cc2ccccc2)C(=O)C2(CCN(Cc3cccc4ccccc34)CC2)N1CCCO. The lowest BCUT2D eigenvalue weighted by Crippen LogP contribution is -2.56. The average Bonchev–Trinajstić information content (AvgIpc) is 3.10. The number of carbonyl (C=O) groups excluding carboxylic acids is 2. The highest BCUT2D eigenvalue weighted by atomic mass is 16.3. The van der Waals surface area contributed by atoms with E-state index in [0.29, 0.717) is 25.8 Å². The van der Waals surface area contributed by atoms with Gasteiger partial charge in [-0.1, -0.05) is 84.9 Å². The maximum absolute atomic E-state index is 13.7. The molecule has 3 aromatic rings. The highest BCUT2D eigenvalue weighted by Gasteiger charge is 2.57. The Morgan fingerprint density at radius 2 is 1.61 bits per heavy atom. The summed E-state index contributed by atoms with van der Waals surface area (Å²) >= 11 is 0. The van der Waals surface area contributed by atoms with E-state index in [1.807, 2.05) is 42.5 Å². The Morgan fingerprint density at radius 1 is 0.889 bits per heavy atom. The molecule has 36 heavy (non-hydrogen) atoms. The molecule has 3 aromatic carbocycles. The van der Waals surface area contributed by atoms with Crippen LogP contribution in [0.2, 0.25) is 0 Å². The first-order chi connectivity index (χ1) is 17.6. The fraction of sp³-hybridized carbons (Fsp3) is 0.333. The van der Waals surface area contributed by atoms with E-state index in [1.54, 1.807) is 4.90 Å². The van der Waals surface area contributed by atoms with Crippen LogP contribution in [0.3, 0.4) is 0 Å². The van der Waals surface area contributed by atoms with E-state index >= 15 is 0 Å². The van der Waals surface area contributed by atoms with E-state index in [4.69, 9.17) is 0 Å². The van der Waals surface area contributed by atoms with Crippen molar-refractivity contribution in [1.29, 1.82) is 0 Å². The summed E-state index contributed by atoms with van der Waals surface area (Å²) in [6.07, 6.45) is 5.49. The van der Waals surface area contributed by atoms with E-state index in [9.17, 15) is 14.7 Å². The van der Waals surface area contributed by atoms with Gasteiger partial charge in [-0.05, 0) is 41.2 Å². The average molecular weight is 484 g/mol. The molecule has 2 fully saturated rings. The van der Waals surface area contributed by atoms with Crippen molar-refractivity contribution >= 4 is 28.8 Å². The monoisotopic (exact) mass is 483 g/mol. The number of nitrogens with zero attached hydrogens (tertiary/aromatic N) is 3. The molecule has 1 spiro atoms. The Hall–Kier alpha value is -3.48. The molecule has 5 rings (SSSR count).